The van der Waals surface area contributed by atoms with Crippen LogP contribution in [0, 0.1) is 11.3 Å². The monoisotopic (exact) mass is 542 g/mol. The third-order valence-electron chi connectivity index (χ3n) is 6.64. The van der Waals surface area contributed by atoms with Crippen molar-refractivity contribution in [2.75, 3.05) is 18.4 Å². The Labute approximate surface area is 227 Å². The number of urea groups is 1. The summed E-state index contributed by atoms with van der Waals surface area (Å²) in [5.74, 6) is -1.25. The number of amides is 4. The first-order chi connectivity index (χ1) is 18.0. The highest BCUT2D eigenvalue weighted by Crippen LogP contribution is 2.29. The molecule has 0 radical (unpaired) electrons. The zero-order valence-corrected chi connectivity index (χ0v) is 22.7. The minimum Gasteiger partial charge on any atom is -0.331 e. The van der Waals surface area contributed by atoms with E-state index in [4.69, 9.17) is 16.8 Å². The van der Waals surface area contributed by atoms with Crippen molar-refractivity contribution in [3.8, 4) is 0 Å². The summed E-state index contributed by atoms with van der Waals surface area (Å²) < 4.78 is 0. The topological polar surface area (TPSA) is 128 Å². The van der Waals surface area contributed by atoms with Crippen molar-refractivity contribution < 1.29 is 24.4 Å². The van der Waals surface area contributed by atoms with E-state index in [1.165, 1.54) is 4.90 Å². The second-order valence-corrected chi connectivity index (χ2v) is 11.1. The number of nitrogens with zero attached hydrogens (tertiary/aromatic N) is 1. The van der Waals surface area contributed by atoms with E-state index in [0.29, 0.717) is 12.1 Å². The van der Waals surface area contributed by atoms with Gasteiger partial charge in [0, 0.05) is 12.1 Å². The maximum Gasteiger partial charge on any atom is 0.319 e. The predicted molar refractivity (Wildman–Crippen MR) is 145 cm³/mol. The average Bonchev–Trinajstić information content (AvgIpc) is 3.39. The SMILES string of the molecule is CC(C)(C)[C@H](NC(=O)Nc1cccc(Cl)c1C(=O)c1ccccc1)C(=O)N(CC(=O)NO)CC1CCCC1. The fraction of sp³-hybridized carbons (Fsp3) is 0.429. The lowest BCUT2D eigenvalue weighted by Crippen LogP contribution is -2.57. The van der Waals surface area contributed by atoms with Gasteiger partial charge in [-0.3, -0.25) is 19.6 Å². The van der Waals surface area contributed by atoms with Gasteiger partial charge in [0.05, 0.1) is 16.3 Å². The Hall–Kier alpha value is -3.43. The summed E-state index contributed by atoms with van der Waals surface area (Å²) in [7, 11) is 0. The molecule has 0 aromatic heterocycles. The molecule has 0 bridgehead atoms. The molecule has 4 N–H and O–H groups in total. The van der Waals surface area contributed by atoms with Gasteiger partial charge in [0.15, 0.2) is 5.78 Å². The van der Waals surface area contributed by atoms with Crippen LogP contribution in [0.25, 0.3) is 0 Å². The van der Waals surface area contributed by atoms with Gasteiger partial charge in [-0.15, -0.1) is 0 Å². The lowest BCUT2D eigenvalue weighted by atomic mass is 9.85. The largest absolute Gasteiger partial charge is 0.331 e. The normalized spacial score (nSPS) is 14.4. The van der Waals surface area contributed by atoms with E-state index in [1.54, 1.807) is 74.8 Å². The van der Waals surface area contributed by atoms with Crippen molar-refractivity contribution in [1.29, 1.82) is 0 Å². The maximum atomic E-state index is 13.7. The molecular formula is C28H35ClN4O5. The molecule has 2 aromatic carbocycles. The number of carbonyl (C=O) groups excluding carboxylic acids is 4. The van der Waals surface area contributed by atoms with Crippen molar-refractivity contribution in [2.24, 2.45) is 11.3 Å². The Kier molecular flexibility index (Phi) is 9.88. The number of hydrogen-bond donors (Lipinski definition) is 4. The fourth-order valence-corrected chi connectivity index (χ4v) is 4.92. The van der Waals surface area contributed by atoms with Crippen LogP contribution in [-0.4, -0.2) is 52.9 Å². The molecule has 3 rings (SSSR count). The van der Waals surface area contributed by atoms with Crippen molar-refractivity contribution in [1.82, 2.24) is 15.7 Å². The highest BCUT2D eigenvalue weighted by atomic mass is 35.5. The number of carbonyl (C=O) groups is 4. The summed E-state index contributed by atoms with van der Waals surface area (Å²) in [6.07, 6.45) is 4.02. The maximum absolute atomic E-state index is 13.7. The number of anilines is 1. The third kappa shape index (κ3) is 7.55. The van der Waals surface area contributed by atoms with Crippen molar-refractivity contribution in [3.05, 3.63) is 64.7 Å². The molecule has 1 aliphatic rings. The van der Waals surface area contributed by atoms with Crippen LogP contribution in [-0.2, 0) is 9.59 Å². The van der Waals surface area contributed by atoms with Crippen LogP contribution in [0.2, 0.25) is 5.02 Å². The summed E-state index contributed by atoms with van der Waals surface area (Å²) >= 11 is 6.36. The molecule has 1 fully saturated rings. The van der Waals surface area contributed by atoms with Crippen molar-refractivity contribution in [3.63, 3.8) is 0 Å². The number of halogens is 1. The Morgan fingerprint density at radius 3 is 2.29 bits per heavy atom. The van der Waals surface area contributed by atoms with Crippen LogP contribution in [0.5, 0.6) is 0 Å². The minimum atomic E-state index is -0.997. The van der Waals surface area contributed by atoms with Crippen LogP contribution < -0.4 is 16.1 Å². The minimum absolute atomic E-state index is 0.136. The molecule has 1 atom stereocenters. The fourth-order valence-electron chi connectivity index (χ4n) is 4.66. The quantitative estimate of drug-likeness (QED) is 0.209. The van der Waals surface area contributed by atoms with Gasteiger partial charge in [0.1, 0.15) is 12.6 Å². The first-order valence-corrected chi connectivity index (χ1v) is 13.1. The molecule has 10 heteroatoms. The first kappa shape index (κ1) is 29.1. The summed E-state index contributed by atoms with van der Waals surface area (Å²) in [4.78, 5) is 53.4. The molecule has 38 heavy (non-hydrogen) atoms. The molecule has 0 unspecified atom stereocenters. The number of nitrogens with one attached hydrogen (secondary N) is 3. The lowest BCUT2D eigenvalue weighted by Gasteiger charge is -2.35. The third-order valence-corrected chi connectivity index (χ3v) is 6.95. The zero-order valence-electron chi connectivity index (χ0n) is 21.9. The van der Waals surface area contributed by atoms with Gasteiger partial charge in [0.2, 0.25) is 5.91 Å². The van der Waals surface area contributed by atoms with E-state index in [1.807, 2.05) is 0 Å². The van der Waals surface area contributed by atoms with E-state index >= 15 is 0 Å². The van der Waals surface area contributed by atoms with E-state index in [9.17, 15) is 19.2 Å². The highest BCUT2D eigenvalue weighted by Gasteiger charge is 2.37. The van der Waals surface area contributed by atoms with Gasteiger partial charge < -0.3 is 15.5 Å². The number of hydroxylamine groups is 1. The molecule has 0 aliphatic heterocycles. The predicted octanol–water partition coefficient (Wildman–Crippen LogP) is 4.63. The van der Waals surface area contributed by atoms with Crippen LogP contribution in [0.15, 0.2) is 48.5 Å². The summed E-state index contributed by atoms with van der Waals surface area (Å²) in [6, 6.07) is 11.6. The average molecular weight is 543 g/mol. The van der Waals surface area contributed by atoms with E-state index in [0.717, 1.165) is 25.7 Å². The van der Waals surface area contributed by atoms with Gasteiger partial charge >= 0.3 is 6.03 Å². The van der Waals surface area contributed by atoms with Crippen LogP contribution in [0.4, 0.5) is 10.5 Å². The van der Waals surface area contributed by atoms with Crippen LogP contribution in [0.3, 0.4) is 0 Å². The number of hydrogen-bond acceptors (Lipinski definition) is 5. The van der Waals surface area contributed by atoms with E-state index in [-0.39, 0.29) is 34.5 Å². The smallest absolute Gasteiger partial charge is 0.319 e. The van der Waals surface area contributed by atoms with Crippen LogP contribution >= 0.6 is 11.6 Å². The van der Waals surface area contributed by atoms with Gasteiger partial charge in [-0.05, 0) is 36.3 Å². The number of rotatable bonds is 9. The summed E-state index contributed by atoms with van der Waals surface area (Å²) in [5.41, 5.74) is 1.62. The van der Waals surface area contributed by atoms with Gasteiger partial charge in [0.25, 0.3) is 5.91 Å². The second kappa shape index (κ2) is 12.9. The molecule has 0 saturated heterocycles. The molecule has 0 spiro atoms. The second-order valence-electron chi connectivity index (χ2n) is 10.7. The highest BCUT2D eigenvalue weighted by molar-refractivity contribution is 6.36. The molecule has 4 amide bonds. The standard InChI is InChI=1S/C28H35ClN4O5/c1-28(2,3)25(26(36)33(17-22(34)32-38)16-18-10-7-8-11-18)31-27(37)30-21-15-9-14-20(29)23(21)24(35)19-12-5-4-6-13-19/h4-6,9,12-15,18,25,38H,7-8,10-11,16-17H2,1-3H3,(H,32,34)(H2,30,31,37)/t25-/m1/s1. The number of ketones is 1. The molecule has 1 aliphatic carbocycles. The van der Waals surface area contributed by atoms with Gasteiger partial charge in [-0.25, -0.2) is 10.3 Å². The molecule has 204 valence electrons. The number of benzene rings is 2. The van der Waals surface area contributed by atoms with Gasteiger partial charge in [-0.1, -0.05) is 81.6 Å². The van der Waals surface area contributed by atoms with Crippen LogP contribution in [0.1, 0.15) is 62.4 Å². The molecule has 9 nitrogen and oxygen atoms in total. The van der Waals surface area contributed by atoms with E-state index < -0.39 is 29.3 Å². The lowest BCUT2D eigenvalue weighted by molar-refractivity contribution is -0.142. The van der Waals surface area contributed by atoms with E-state index in [2.05, 4.69) is 10.6 Å². The van der Waals surface area contributed by atoms with Gasteiger partial charge in [-0.2, -0.15) is 0 Å². The summed E-state index contributed by atoms with van der Waals surface area (Å²) in [5, 5.41) is 14.6. The Balaban J connectivity index is 1.83. The molecule has 1 saturated carbocycles. The zero-order chi connectivity index (χ0) is 27.9. The summed E-state index contributed by atoms with van der Waals surface area (Å²) in [6.45, 7) is 5.44. The molecule has 0 heterocycles. The molecule has 2 aromatic rings. The first-order valence-electron chi connectivity index (χ1n) is 12.7. The van der Waals surface area contributed by atoms with Crippen molar-refractivity contribution in [2.45, 2.75) is 52.5 Å². The molecular weight excluding hydrogens is 508 g/mol. The Morgan fingerprint density at radius 2 is 1.68 bits per heavy atom. The van der Waals surface area contributed by atoms with Crippen molar-refractivity contribution >= 4 is 40.9 Å². The Bertz CT molecular complexity index is 1160. The Morgan fingerprint density at radius 1 is 1.03 bits per heavy atom.